The SMILES string of the molecule is Nc1ncnc2c1c(-c1ccc3c(c1F)CCN3C(=O)Cc1cc(C(F)(F)F)ccc1F)nn2C1COC1. The second-order valence-electron chi connectivity index (χ2n) is 9.14. The van der Waals surface area contributed by atoms with Gasteiger partial charge in [0.2, 0.25) is 5.91 Å². The number of nitrogen functional groups attached to an aromatic ring is 1. The molecule has 0 atom stereocenters. The number of rotatable bonds is 4. The molecule has 8 nitrogen and oxygen atoms in total. The van der Waals surface area contributed by atoms with Crippen LogP contribution in [-0.2, 0) is 28.5 Å². The first-order chi connectivity index (χ1) is 18.1. The van der Waals surface area contributed by atoms with Gasteiger partial charge in [-0.1, -0.05) is 0 Å². The molecule has 4 heterocycles. The van der Waals surface area contributed by atoms with Crippen LogP contribution in [-0.4, -0.2) is 45.4 Å². The van der Waals surface area contributed by atoms with Crippen LogP contribution in [0.1, 0.15) is 22.7 Å². The number of benzene rings is 2. The van der Waals surface area contributed by atoms with Crippen LogP contribution in [0.25, 0.3) is 22.3 Å². The van der Waals surface area contributed by atoms with E-state index >= 15 is 4.39 Å². The summed E-state index contributed by atoms with van der Waals surface area (Å²) < 4.78 is 76.1. The average molecular weight is 530 g/mol. The number of carbonyl (C=O) groups excluding carboxylic acids is 1. The van der Waals surface area contributed by atoms with E-state index in [1.807, 2.05) is 0 Å². The van der Waals surface area contributed by atoms with E-state index in [4.69, 9.17) is 10.5 Å². The van der Waals surface area contributed by atoms with Crippen molar-refractivity contribution in [2.24, 2.45) is 0 Å². The summed E-state index contributed by atoms with van der Waals surface area (Å²) in [5.41, 5.74) is 6.01. The Morgan fingerprint density at radius 2 is 1.92 bits per heavy atom. The third kappa shape index (κ3) is 3.85. The first-order valence-corrected chi connectivity index (χ1v) is 11.7. The molecule has 38 heavy (non-hydrogen) atoms. The van der Waals surface area contributed by atoms with E-state index in [-0.39, 0.29) is 52.9 Å². The number of anilines is 2. The quantitative estimate of drug-likeness (QED) is 0.400. The van der Waals surface area contributed by atoms with Crippen molar-refractivity contribution < 1.29 is 31.5 Å². The van der Waals surface area contributed by atoms with Crippen LogP contribution in [0.15, 0.2) is 36.7 Å². The zero-order valence-electron chi connectivity index (χ0n) is 19.6. The number of ether oxygens (including phenoxy) is 1. The molecule has 2 aromatic heterocycles. The summed E-state index contributed by atoms with van der Waals surface area (Å²) in [6.07, 6.45) is -3.82. The summed E-state index contributed by atoms with van der Waals surface area (Å²) in [5.74, 6) is -2.04. The van der Waals surface area contributed by atoms with Crippen LogP contribution in [0, 0.1) is 11.6 Å². The summed E-state index contributed by atoms with van der Waals surface area (Å²) in [4.78, 5) is 22.5. The maximum atomic E-state index is 15.9. The Balaban J connectivity index is 1.34. The van der Waals surface area contributed by atoms with Crippen LogP contribution in [0.3, 0.4) is 0 Å². The molecule has 0 radical (unpaired) electrons. The highest BCUT2D eigenvalue weighted by atomic mass is 19.4. The maximum Gasteiger partial charge on any atom is 0.416 e. The summed E-state index contributed by atoms with van der Waals surface area (Å²) in [6, 6.07) is 4.84. The summed E-state index contributed by atoms with van der Waals surface area (Å²) >= 11 is 0. The molecule has 1 amide bonds. The van der Waals surface area contributed by atoms with Gasteiger partial charge in [-0.05, 0) is 42.3 Å². The molecule has 0 aliphatic carbocycles. The minimum absolute atomic E-state index is 0.0811. The third-order valence-corrected chi connectivity index (χ3v) is 6.85. The van der Waals surface area contributed by atoms with Crippen LogP contribution in [0.5, 0.6) is 0 Å². The summed E-state index contributed by atoms with van der Waals surface area (Å²) in [5, 5.41) is 4.97. The lowest BCUT2D eigenvalue weighted by Gasteiger charge is -2.26. The Hall–Kier alpha value is -4.13. The lowest BCUT2D eigenvalue weighted by Crippen LogP contribution is -2.31. The number of nitrogens with zero attached hydrogens (tertiary/aromatic N) is 5. The van der Waals surface area contributed by atoms with Gasteiger partial charge in [0.1, 0.15) is 35.5 Å². The van der Waals surface area contributed by atoms with Crippen molar-refractivity contribution in [3.63, 3.8) is 0 Å². The molecule has 0 bridgehead atoms. The highest BCUT2D eigenvalue weighted by molar-refractivity contribution is 6.00. The predicted octanol–water partition coefficient (Wildman–Crippen LogP) is 4.08. The molecule has 0 unspecified atom stereocenters. The molecule has 196 valence electrons. The fourth-order valence-electron chi connectivity index (χ4n) is 4.84. The van der Waals surface area contributed by atoms with E-state index in [1.165, 1.54) is 17.3 Å². The smallest absolute Gasteiger partial charge is 0.383 e. The molecule has 0 saturated carbocycles. The van der Waals surface area contributed by atoms with Crippen molar-refractivity contribution in [2.75, 3.05) is 30.4 Å². The van der Waals surface area contributed by atoms with Gasteiger partial charge in [-0.15, -0.1) is 0 Å². The minimum atomic E-state index is -4.68. The predicted molar refractivity (Wildman–Crippen MR) is 126 cm³/mol. The molecule has 13 heteroatoms. The van der Waals surface area contributed by atoms with E-state index in [9.17, 15) is 22.4 Å². The molecule has 6 rings (SSSR count). The van der Waals surface area contributed by atoms with Gasteiger partial charge in [-0.25, -0.2) is 23.4 Å². The molecule has 0 spiro atoms. The molecule has 4 aromatic rings. The summed E-state index contributed by atoms with van der Waals surface area (Å²) in [7, 11) is 0. The average Bonchev–Trinajstić information content (AvgIpc) is 3.43. The van der Waals surface area contributed by atoms with Gasteiger partial charge >= 0.3 is 6.18 Å². The lowest BCUT2D eigenvalue weighted by molar-refractivity contribution is -0.137. The van der Waals surface area contributed by atoms with Gasteiger partial charge in [-0.2, -0.15) is 18.3 Å². The van der Waals surface area contributed by atoms with Gasteiger partial charge in [-0.3, -0.25) is 4.79 Å². The maximum absolute atomic E-state index is 15.9. The highest BCUT2D eigenvalue weighted by Crippen LogP contribution is 2.40. The van der Waals surface area contributed by atoms with Crippen LogP contribution >= 0.6 is 0 Å². The first kappa shape index (κ1) is 24.2. The van der Waals surface area contributed by atoms with Crippen molar-refractivity contribution in [3.05, 3.63) is 65.0 Å². The van der Waals surface area contributed by atoms with Crippen LogP contribution in [0.2, 0.25) is 0 Å². The number of halogens is 5. The Bertz CT molecular complexity index is 1600. The lowest BCUT2D eigenvalue weighted by atomic mass is 10.0. The Morgan fingerprint density at radius 1 is 1.13 bits per heavy atom. The van der Waals surface area contributed by atoms with Gasteiger partial charge in [0.15, 0.2) is 5.65 Å². The second-order valence-corrected chi connectivity index (χ2v) is 9.14. The Kier molecular flexibility index (Phi) is 5.56. The Morgan fingerprint density at radius 3 is 2.63 bits per heavy atom. The molecule has 1 fully saturated rings. The number of nitrogens with two attached hydrogens (primary N) is 1. The fraction of sp³-hybridized carbons (Fsp3) is 0.280. The number of amides is 1. The van der Waals surface area contributed by atoms with Crippen molar-refractivity contribution in [2.45, 2.75) is 25.1 Å². The molecule has 2 aromatic carbocycles. The number of aromatic nitrogens is 4. The standard InChI is InChI=1S/C25H19F5N6O2/c26-17-3-1-13(25(28,29)30)7-12(17)8-19(37)35-6-5-15-18(35)4-2-16(21(15)27)22-20-23(31)32-11-33-24(20)36(34-22)14-9-38-10-14/h1-4,7,11,14H,5-6,8-10H2,(H2,31,32,33). The molecule has 2 N–H and O–H groups in total. The van der Waals surface area contributed by atoms with E-state index in [1.54, 1.807) is 10.7 Å². The molecule has 2 aliphatic rings. The van der Waals surface area contributed by atoms with E-state index in [2.05, 4.69) is 15.1 Å². The van der Waals surface area contributed by atoms with Crippen molar-refractivity contribution >= 4 is 28.4 Å². The monoisotopic (exact) mass is 530 g/mol. The second kappa shape index (κ2) is 8.72. The molecular formula is C25H19F5N6O2. The molecule has 2 aliphatic heterocycles. The zero-order chi connectivity index (χ0) is 26.8. The number of carbonyl (C=O) groups is 1. The van der Waals surface area contributed by atoms with E-state index in [0.717, 1.165) is 0 Å². The number of alkyl halides is 3. The van der Waals surface area contributed by atoms with Crippen molar-refractivity contribution in [3.8, 4) is 11.3 Å². The van der Waals surface area contributed by atoms with Gasteiger partial charge in [0.25, 0.3) is 0 Å². The van der Waals surface area contributed by atoms with Gasteiger partial charge in [0.05, 0.1) is 30.6 Å². The largest absolute Gasteiger partial charge is 0.416 e. The molecular weight excluding hydrogens is 511 g/mol. The minimum Gasteiger partial charge on any atom is -0.383 e. The van der Waals surface area contributed by atoms with Crippen molar-refractivity contribution in [1.29, 1.82) is 0 Å². The van der Waals surface area contributed by atoms with Crippen LogP contribution in [0.4, 0.5) is 33.5 Å². The zero-order valence-corrected chi connectivity index (χ0v) is 19.6. The van der Waals surface area contributed by atoms with E-state index in [0.29, 0.717) is 42.4 Å². The third-order valence-electron chi connectivity index (χ3n) is 6.85. The van der Waals surface area contributed by atoms with Crippen LogP contribution < -0.4 is 10.6 Å². The number of hydrogen-bond donors (Lipinski definition) is 1. The molecule has 1 saturated heterocycles. The van der Waals surface area contributed by atoms with Crippen molar-refractivity contribution in [1.82, 2.24) is 19.7 Å². The number of hydrogen-bond acceptors (Lipinski definition) is 6. The summed E-state index contributed by atoms with van der Waals surface area (Å²) in [6.45, 7) is 0.946. The normalized spacial score (nSPS) is 15.7. The highest BCUT2D eigenvalue weighted by Gasteiger charge is 2.34. The van der Waals surface area contributed by atoms with E-state index < -0.39 is 35.7 Å². The fourth-order valence-corrected chi connectivity index (χ4v) is 4.84. The first-order valence-electron chi connectivity index (χ1n) is 11.7. The topological polar surface area (TPSA) is 99.2 Å². The van der Waals surface area contributed by atoms with Gasteiger partial charge < -0.3 is 15.4 Å². The van der Waals surface area contributed by atoms with Gasteiger partial charge in [0, 0.05) is 23.4 Å². The number of fused-ring (bicyclic) bond motifs is 2. The Labute approximate surface area is 211 Å².